The van der Waals surface area contributed by atoms with Crippen molar-refractivity contribution in [2.75, 3.05) is 26.9 Å². The first-order valence-corrected chi connectivity index (χ1v) is 7.38. The summed E-state index contributed by atoms with van der Waals surface area (Å²) in [6, 6.07) is 8.43. The third-order valence-electron chi connectivity index (χ3n) is 4.61. The first kappa shape index (κ1) is 13.9. The highest BCUT2D eigenvalue weighted by molar-refractivity contribution is 5.39. The molecule has 0 saturated carbocycles. The van der Waals surface area contributed by atoms with Crippen molar-refractivity contribution in [3.05, 3.63) is 29.8 Å². The van der Waals surface area contributed by atoms with Crippen molar-refractivity contribution < 1.29 is 14.6 Å². The van der Waals surface area contributed by atoms with E-state index in [1.165, 1.54) is 0 Å². The molecule has 1 aromatic rings. The number of rotatable bonds is 3. The zero-order valence-electron chi connectivity index (χ0n) is 12.2. The van der Waals surface area contributed by atoms with Crippen LogP contribution in [-0.2, 0) is 10.3 Å². The van der Waals surface area contributed by atoms with Gasteiger partial charge in [0.15, 0.2) is 0 Å². The van der Waals surface area contributed by atoms with Gasteiger partial charge in [-0.2, -0.15) is 0 Å². The quantitative estimate of drug-likeness (QED) is 0.914. The van der Waals surface area contributed by atoms with Crippen LogP contribution in [0.4, 0.5) is 0 Å². The van der Waals surface area contributed by atoms with E-state index in [0.717, 1.165) is 11.3 Å². The molecule has 3 rings (SSSR count). The maximum atomic E-state index is 11.2. The first-order valence-electron chi connectivity index (χ1n) is 7.38. The first-order chi connectivity index (χ1) is 9.64. The van der Waals surface area contributed by atoms with Gasteiger partial charge in [-0.15, -0.1) is 0 Å². The van der Waals surface area contributed by atoms with Gasteiger partial charge in [0.1, 0.15) is 5.75 Å². The maximum Gasteiger partial charge on any atom is 0.125 e. The van der Waals surface area contributed by atoms with Crippen molar-refractivity contribution in [1.29, 1.82) is 0 Å². The van der Waals surface area contributed by atoms with Crippen LogP contribution in [0.15, 0.2) is 24.3 Å². The zero-order valence-corrected chi connectivity index (χ0v) is 12.2. The minimum Gasteiger partial charge on any atom is -0.493 e. The number of para-hydroxylation sites is 1. The Hall–Kier alpha value is -1.10. The molecule has 2 aliphatic heterocycles. The van der Waals surface area contributed by atoms with Gasteiger partial charge in [0.05, 0.1) is 25.4 Å². The summed E-state index contributed by atoms with van der Waals surface area (Å²) in [5, 5.41) is 11.2. The molecule has 4 nitrogen and oxygen atoms in total. The van der Waals surface area contributed by atoms with E-state index in [4.69, 9.17) is 9.47 Å². The molecule has 20 heavy (non-hydrogen) atoms. The lowest BCUT2D eigenvalue weighted by Crippen LogP contribution is -2.59. The third-order valence-corrected chi connectivity index (χ3v) is 4.61. The van der Waals surface area contributed by atoms with Crippen LogP contribution in [0.25, 0.3) is 0 Å². The van der Waals surface area contributed by atoms with Crippen molar-refractivity contribution in [3.8, 4) is 5.75 Å². The van der Waals surface area contributed by atoms with Gasteiger partial charge >= 0.3 is 0 Å². The molecule has 2 bridgehead atoms. The summed E-state index contributed by atoms with van der Waals surface area (Å²) >= 11 is 0. The van der Waals surface area contributed by atoms with E-state index in [0.29, 0.717) is 32.7 Å². The molecule has 2 saturated heterocycles. The summed E-state index contributed by atoms with van der Waals surface area (Å²) in [6.45, 7) is 3.99. The van der Waals surface area contributed by atoms with Crippen molar-refractivity contribution in [3.63, 3.8) is 0 Å². The predicted octanol–water partition coefficient (Wildman–Crippen LogP) is 1.77. The third kappa shape index (κ3) is 2.32. The minimum absolute atomic E-state index is 0.280. The summed E-state index contributed by atoms with van der Waals surface area (Å²) in [7, 11) is 2.13. The van der Waals surface area contributed by atoms with Gasteiger partial charge in [-0.05, 0) is 32.9 Å². The fourth-order valence-electron chi connectivity index (χ4n) is 3.49. The van der Waals surface area contributed by atoms with E-state index < -0.39 is 5.60 Å². The van der Waals surface area contributed by atoms with Crippen LogP contribution in [0.2, 0.25) is 0 Å². The molecule has 0 amide bonds. The second kappa shape index (κ2) is 5.35. The molecule has 2 aliphatic rings. The molecule has 1 N–H and O–H groups in total. The van der Waals surface area contributed by atoms with Crippen LogP contribution in [0.3, 0.4) is 0 Å². The summed E-state index contributed by atoms with van der Waals surface area (Å²) in [6.07, 6.45) is 1.40. The monoisotopic (exact) mass is 277 g/mol. The molecule has 0 aromatic heterocycles. The lowest BCUT2D eigenvalue weighted by molar-refractivity contribution is -0.138. The number of aliphatic hydroxyl groups is 1. The number of hydrogen-bond donors (Lipinski definition) is 1. The number of benzene rings is 1. The summed E-state index contributed by atoms with van der Waals surface area (Å²) < 4.78 is 11.3. The molecule has 4 heteroatoms. The minimum atomic E-state index is -0.808. The number of likely N-dealkylation sites (N-methyl/N-ethyl adjacent to an activating group) is 1. The largest absolute Gasteiger partial charge is 0.493 e. The van der Waals surface area contributed by atoms with Crippen LogP contribution in [0.1, 0.15) is 25.3 Å². The smallest absolute Gasteiger partial charge is 0.125 e. The summed E-state index contributed by atoms with van der Waals surface area (Å²) in [4.78, 5) is 2.35. The molecule has 0 radical (unpaired) electrons. The molecule has 2 unspecified atom stereocenters. The average Bonchev–Trinajstić information content (AvgIpc) is 2.42. The zero-order chi connectivity index (χ0) is 14.2. The van der Waals surface area contributed by atoms with Crippen molar-refractivity contribution >= 4 is 0 Å². The maximum absolute atomic E-state index is 11.2. The lowest BCUT2D eigenvalue weighted by Gasteiger charge is -2.50. The molecule has 1 aromatic carbocycles. The Morgan fingerprint density at radius 1 is 1.30 bits per heavy atom. The number of piperidine rings is 1. The second-order valence-electron chi connectivity index (χ2n) is 5.88. The molecule has 110 valence electrons. The second-order valence-corrected chi connectivity index (χ2v) is 5.88. The molecule has 2 fully saturated rings. The summed E-state index contributed by atoms with van der Waals surface area (Å²) in [5.74, 6) is 0.807. The molecule has 0 aliphatic carbocycles. The topological polar surface area (TPSA) is 41.9 Å². The highest BCUT2D eigenvalue weighted by atomic mass is 16.5. The van der Waals surface area contributed by atoms with Gasteiger partial charge in [-0.3, -0.25) is 4.90 Å². The SMILES string of the molecule is CCOc1ccccc1C1(O)CC2COCC(C1)N2C. The Bertz CT molecular complexity index is 463. The highest BCUT2D eigenvalue weighted by Crippen LogP contribution is 2.43. The van der Waals surface area contributed by atoms with Crippen molar-refractivity contribution in [1.82, 2.24) is 4.90 Å². The molecular formula is C16H23NO3. The Morgan fingerprint density at radius 2 is 1.95 bits per heavy atom. The Balaban J connectivity index is 1.93. The lowest BCUT2D eigenvalue weighted by atomic mass is 9.77. The number of fused-ring (bicyclic) bond motifs is 2. The fourth-order valence-corrected chi connectivity index (χ4v) is 3.49. The standard InChI is InChI=1S/C16H23NO3/c1-3-20-15-7-5-4-6-14(15)16(18)8-12-10-19-11-13(9-16)17(12)2/h4-7,12-13,18H,3,8-11H2,1-2H3. The predicted molar refractivity (Wildman–Crippen MR) is 76.9 cm³/mol. The fraction of sp³-hybridized carbons (Fsp3) is 0.625. The number of ether oxygens (including phenoxy) is 2. The molecule has 2 heterocycles. The van der Waals surface area contributed by atoms with Crippen LogP contribution in [0.5, 0.6) is 5.75 Å². The summed E-state index contributed by atoms with van der Waals surface area (Å²) in [5.41, 5.74) is 0.115. The Morgan fingerprint density at radius 3 is 2.60 bits per heavy atom. The van der Waals surface area contributed by atoms with Gasteiger partial charge in [-0.25, -0.2) is 0 Å². The Labute approximate surface area is 120 Å². The molecular weight excluding hydrogens is 254 g/mol. The van der Waals surface area contributed by atoms with E-state index in [1.807, 2.05) is 31.2 Å². The molecule has 0 spiro atoms. The van der Waals surface area contributed by atoms with Crippen molar-refractivity contribution in [2.45, 2.75) is 37.5 Å². The van der Waals surface area contributed by atoms with E-state index in [1.54, 1.807) is 0 Å². The Kier molecular flexibility index (Phi) is 3.71. The van der Waals surface area contributed by atoms with Crippen molar-refractivity contribution in [2.24, 2.45) is 0 Å². The number of morpholine rings is 1. The molecule has 2 atom stereocenters. The van der Waals surface area contributed by atoms with Crippen LogP contribution in [0, 0.1) is 0 Å². The van der Waals surface area contributed by atoms with Gasteiger partial charge in [0, 0.05) is 17.6 Å². The van der Waals surface area contributed by atoms with E-state index in [-0.39, 0.29) is 12.1 Å². The van der Waals surface area contributed by atoms with Gasteiger partial charge in [0.25, 0.3) is 0 Å². The van der Waals surface area contributed by atoms with E-state index in [2.05, 4.69) is 11.9 Å². The highest BCUT2D eigenvalue weighted by Gasteiger charge is 2.46. The van der Waals surface area contributed by atoms with Gasteiger partial charge in [0.2, 0.25) is 0 Å². The van der Waals surface area contributed by atoms with Crippen LogP contribution < -0.4 is 4.74 Å². The van der Waals surface area contributed by atoms with E-state index in [9.17, 15) is 5.11 Å². The normalized spacial score (nSPS) is 34.0. The van der Waals surface area contributed by atoms with Gasteiger partial charge in [-0.1, -0.05) is 18.2 Å². The van der Waals surface area contributed by atoms with Gasteiger partial charge < -0.3 is 14.6 Å². The average molecular weight is 277 g/mol. The number of hydrogen-bond acceptors (Lipinski definition) is 4. The van der Waals surface area contributed by atoms with Crippen LogP contribution in [-0.4, -0.2) is 49.0 Å². The number of nitrogens with zero attached hydrogens (tertiary/aromatic N) is 1. The van der Waals surface area contributed by atoms with Crippen LogP contribution >= 0.6 is 0 Å². The van der Waals surface area contributed by atoms with E-state index >= 15 is 0 Å².